The lowest BCUT2D eigenvalue weighted by atomic mass is 9.93. The van der Waals surface area contributed by atoms with Gasteiger partial charge in [0.15, 0.2) is 0 Å². The average molecular weight is 273 g/mol. The largest absolute Gasteiger partial charge is 0.373 e. The molecule has 19 heavy (non-hydrogen) atoms. The molecule has 0 spiro atoms. The van der Waals surface area contributed by atoms with Crippen LogP contribution in [0.3, 0.4) is 0 Å². The number of fused-ring (bicyclic) bond motifs is 1. The van der Waals surface area contributed by atoms with Crippen molar-refractivity contribution in [2.45, 2.75) is 31.9 Å². The molecule has 3 rings (SSSR count). The maximum absolute atomic E-state index is 6.33. The minimum absolute atomic E-state index is 0.0647. The minimum Gasteiger partial charge on any atom is -0.373 e. The zero-order chi connectivity index (χ0) is 13.2. The van der Waals surface area contributed by atoms with Crippen molar-refractivity contribution in [2.24, 2.45) is 5.73 Å². The topological polar surface area (TPSA) is 35.2 Å². The van der Waals surface area contributed by atoms with Gasteiger partial charge in [0.25, 0.3) is 0 Å². The molecule has 2 aromatic rings. The van der Waals surface area contributed by atoms with Crippen molar-refractivity contribution in [3.05, 3.63) is 57.3 Å². The second-order valence-electron chi connectivity index (χ2n) is 5.10. The first-order valence-electron chi connectivity index (χ1n) is 6.75. The summed E-state index contributed by atoms with van der Waals surface area (Å²) >= 11 is 1.79. The lowest BCUT2D eigenvalue weighted by molar-refractivity contribution is 0.0322. The van der Waals surface area contributed by atoms with Crippen molar-refractivity contribution < 1.29 is 4.74 Å². The summed E-state index contributed by atoms with van der Waals surface area (Å²) in [4.78, 5) is 2.57. The van der Waals surface area contributed by atoms with Gasteiger partial charge in [0.1, 0.15) is 0 Å². The number of hydrogen-bond donors (Lipinski definition) is 1. The Bertz CT molecular complexity index is 563. The number of thiophene rings is 1. The summed E-state index contributed by atoms with van der Waals surface area (Å²) in [6.07, 6.45) is 2.01. The normalized spacial score (nSPS) is 20.0. The van der Waals surface area contributed by atoms with Crippen LogP contribution in [0, 0.1) is 6.92 Å². The molecule has 2 unspecified atom stereocenters. The molecule has 1 aliphatic rings. The van der Waals surface area contributed by atoms with Crippen LogP contribution in [-0.2, 0) is 11.2 Å². The molecule has 1 aromatic heterocycles. The fraction of sp³-hybridized carbons (Fsp3) is 0.375. The third-order valence-corrected chi connectivity index (χ3v) is 4.82. The molecule has 2 nitrogen and oxygen atoms in total. The van der Waals surface area contributed by atoms with Crippen LogP contribution in [-0.4, -0.2) is 6.61 Å². The van der Waals surface area contributed by atoms with Gasteiger partial charge in [-0.25, -0.2) is 0 Å². The molecular weight excluding hydrogens is 254 g/mol. The van der Waals surface area contributed by atoms with E-state index in [-0.39, 0.29) is 12.1 Å². The van der Waals surface area contributed by atoms with Crippen molar-refractivity contribution in [1.82, 2.24) is 0 Å². The molecule has 3 heteroatoms. The first-order chi connectivity index (χ1) is 9.24. The summed E-state index contributed by atoms with van der Waals surface area (Å²) in [6, 6.07) is 12.9. The summed E-state index contributed by atoms with van der Waals surface area (Å²) in [6.45, 7) is 2.92. The third kappa shape index (κ3) is 2.73. The van der Waals surface area contributed by atoms with E-state index in [1.54, 1.807) is 11.3 Å². The minimum atomic E-state index is 0.0647. The van der Waals surface area contributed by atoms with E-state index in [4.69, 9.17) is 10.5 Å². The van der Waals surface area contributed by atoms with Crippen LogP contribution in [0.25, 0.3) is 0 Å². The van der Waals surface area contributed by atoms with Crippen molar-refractivity contribution in [2.75, 3.05) is 6.61 Å². The van der Waals surface area contributed by atoms with Gasteiger partial charge in [-0.1, -0.05) is 24.3 Å². The molecule has 0 amide bonds. The molecule has 0 aliphatic carbocycles. The molecule has 2 atom stereocenters. The summed E-state index contributed by atoms with van der Waals surface area (Å²) in [5.41, 5.74) is 9.05. The molecule has 0 fully saturated rings. The Kier molecular flexibility index (Phi) is 3.69. The Labute approximate surface area is 118 Å². The van der Waals surface area contributed by atoms with Crippen molar-refractivity contribution in [3.8, 4) is 0 Å². The van der Waals surface area contributed by atoms with Crippen LogP contribution >= 0.6 is 11.3 Å². The first kappa shape index (κ1) is 12.9. The van der Waals surface area contributed by atoms with Gasteiger partial charge in [0, 0.05) is 15.8 Å². The number of rotatable bonds is 3. The Balaban J connectivity index is 1.77. The van der Waals surface area contributed by atoms with Crippen LogP contribution in [0.2, 0.25) is 0 Å². The van der Waals surface area contributed by atoms with Crippen LogP contribution in [0.1, 0.15) is 39.4 Å². The molecule has 0 bridgehead atoms. The summed E-state index contributed by atoms with van der Waals surface area (Å²) < 4.78 is 5.93. The SMILES string of the molecule is Cc1ccc(C(N)CC2OCCc3ccccc32)s1. The van der Waals surface area contributed by atoms with Gasteiger partial charge in [-0.15, -0.1) is 11.3 Å². The van der Waals surface area contributed by atoms with Crippen molar-refractivity contribution in [1.29, 1.82) is 0 Å². The van der Waals surface area contributed by atoms with Gasteiger partial charge < -0.3 is 10.5 Å². The number of aryl methyl sites for hydroxylation is 1. The van der Waals surface area contributed by atoms with E-state index in [1.807, 2.05) is 0 Å². The highest BCUT2D eigenvalue weighted by Gasteiger charge is 2.23. The maximum atomic E-state index is 6.33. The lowest BCUT2D eigenvalue weighted by Crippen LogP contribution is -2.21. The monoisotopic (exact) mass is 273 g/mol. The predicted molar refractivity (Wildman–Crippen MR) is 79.4 cm³/mol. The molecule has 100 valence electrons. The van der Waals surface area contributed by atoms with Crippen LogP contribution in [0.15, 0.2) is 36.4 Å². The fourth-order valence-corrected chi connectivity index (χ4v) is 3.56. The molecule has 2 heterocycles. The highest BCUT2D eigenvalue weighted by Crippen LogP contribution is 2.34. The Hall–Kier alpha value is -1.16. The van der Waals surface area contributed by atoms with Gasteiger partial charge in [-0.3, -0.25) is 0 Å². The van der Waals surface area contributed by atoms with Gasteiger partial charge in [-0.2, -0.15) is 0 Å². The van der Waals surface area contributed by atoms with E-state index < -0.39 is 0 Å². The molecule has 1 aliphatic heterocycles. The number of hydrogen-bond acceptors (Lipinski definition) is 3. The van der Waals surface area contributed by atoms with E-state index in [0.717, 1.165) is 19.4 Å². The molecular formula is C16H19NOS. The van der Waals surface area contributed by atoms with Crippen molar-refractivity contribution >= 4 is 11.3 Å². The standard InChI is InChI=1S/C16H19NOS/c1-11-6-7-16(19-11)14(17)10-15-13-5-3-2-4-12(13)8-9-18-15/h2-7,14-15H,8-10,17H2,1H3. The van der Waals surface area contributed by atoms with Crippen LogP contribution in [0.5, 0.6) is 0 Å². The molecule has 0 saturated heterocycles. The van der Waals surface area contributed by atoms with Gasteiger partial charge >= 0.3 is 0 Å². The zero-order valence-electron chi connectivity index (χ0n) is 11.1. The second-order valence-corrected chi connectivity index (χ2v) is 6.42. The lowest BCUT2D eigenvalue weighted by Gasteiger charge is -2.27. The number of nitrogens with two attached hydrogens (primary N) is 1. The van der Waals surface area contributed by atoms with Crippen LogP contribution in [0.4, 0.5) is 0 Å². The van der Waals surface area contributed by atoms with Crippen LogP contribution < -0.4 is 5.73 Å². The summed E-state index contributed by atoms with van der Waals surface area (Å²) in [5.74, 6) is 0. The second kappa shape index (κ2) is 5.45. The third-order valence-electron chi connectivity index (χ3n) is 3.69. The molecule has 2 N–H and O–H groups in total. The average Bonchev–Trinajstić information content (AvgIpc) is 2.86. The van der Waals surface area contributed by atoms with Gasteiger partial charge in [0.2, 0.25) is 0 Å². The van der Waals surface area contributed by atoms with E-state index in [1.165, 1.54) is 20.9 Å². The first-order valence-corrected chi connectivity index (χ1v) is 7.57. The summed E-state index contributed by atoms with van der Waals surface area (Å²) in [7, 11) is 0. The van der Waals surface area contributed by atoms with Crippen molar-refractivity contribution in [3.63, 3.8) is 0 Å². The number of ether oxygens (including phenoxy) is 1. The Morgan fingerprint density at radius 2 is 2.16 bits per heavy atom. The van der Waals surface area contributed by atoms with E-state index in [9.17, 15) is 0 Å². The van der Waals surface area contributed by atoms with E-state index in [2.05, 4.69) is 43.3 Å². The quantitative estimate of drug-likeness (QED) is 0.924. The number of benzene rings is 1. The summed E-state index contributed by atoms with van der Waals surface area (Å²) in [5, 5.41) is 0. The highest BCUT2D eigenvalue weighted by atomic mass is 32.1. The highest BCUT2D eigenvalue weighted by molar-refractivity contribution is 7.12. The van der Waals surface area contributed by atoms with E-state index in [0.29, 0.717) is 0 Å². The maximum Gasteiger partial charge on any atom is 0.0846 e. The van der Waals surface area contributed by atoms with E-state index >= 15 is 0 Å². The zero-order valence-corrected chi connectivity index (χ0v) is 12.0. The van der Waals surface area contributed by atoms with Gasteiger partial charge in [-0.05, 0) is 43.0 Å². The van der Waals surface area contributed by atoms with Gasteiger partial charge in [0.05, 0.1) is 12.7 Å². The Morgan fingerprint density at radius 3 is 2.95 bits per heavy atom. The Morgan fingerprint density at radius 1 is 1.32 bits per heavy atom. The predicted octanol–water partition coefficient (Wildman–Crippen LogP) is 3.76. The molecule has 1 aromatic carbocycles. The fourth-order valence-electron chi connectivity index (χ4n) is 2.67. The molecule has 0 saturated carbocycles. The molecule has 0 radical (unpaired) electrons. The smallest absolute Gasteiger partial charge is 0.0846 e.